The Morgan fingerprint density at radius 2 is 2.41 bits per heavy atom. The van der Waals surface area contributed by atoms with Crippen molar-refractivity contribution in [2.45, 2.75) is 32.9 Å². The molecule has 94 valence electrons. The van der Waals surface area contributed by atoms with Gasteiger partial charge in [0.15, 0.2) is 5.82 Å². The van der Waals surface area contributed by atoms with Crippen molar-refractivity contribution in [1.29, 1.82) is 0 Å². The van der Waals surface area contributed by atoms with Gasteiger partial charge in [0.05, 0.1) is 6.20 Å². The molecule has 1 aromatic rings. The number of aromatic nitrogens is 2. The summed E-state index contributed by atoms with van der Waals surface area (Å²) in [4.78, 5) is 11.1. The zero-order valence-electron chi connectivity index (χ0n) is 10.7. The van der Waals surface area contributed by atoms with Gasteiger partial charge in [0.1, 0.15) is 12.3 Å². The standard InChI is InChI=1S/C12H20N4O/c1-4-9(2)16(3)11-8-14-10-7-13-5-6-17-12(10)15-11/h8-9,13H,4-7H2,1-3H3. The van der Waals surface area contributed by atoms with E-state index in [1.807, 2.05) is 13.2 Å². The Hall–Kier alpha value is -1.36. The normalized spacial score (nSPS) is 16.6. The van der Waals surface area contributed by atoms with E-state index < -0.39 is 0 Å². The monoisotopic (exact) mass is 236 g/mol. The fourth-order valence-electron chi connectivity index (χ4n) is 1.72. The number of hydrogen-bond donors (Lipinski definition) is 1. The second-order valence-corrected chi connectivity index (χ2v) is 4.37. The number of rotatable bonds is 3. The van der Waals surface area contributed by atoms with Crippen molar-refractivity contribution in [3.8, 4) is 5.88 Å². The minimum atomic E-state index is 0.450. The molecule has 5 heteroatoms. The van der Waals surface area contributed by atoms with Crippen molar-refractivity contribution >= 4 is 5.82 Å². The highest BCUT2D eigenvalue weighted by Gasteiger charge is 2.15. The topological polar surface area (TPSA) is 50.3 Å². The summed E-state index contributed by atoms with van der Waals surface area (Å²) in [6, 6.07) is 0.450. The molecule has 0 fully saturated rings. The number of nitrogens with one attached hydrogen (secondary N) is 1. The second-order valence-electron chi connectivity index (χ2n) is 4.37. The van der Waals surface area contributed by atoms with Gasteiger partial charge in [-0.2, -0.15) is 4.98 Å². The molecule has 0 aliphatic carbocycles. The van der Waals surface area contributed by atoms with Crippen molar-refractivity contribution in [3.63, 3.8) is 0 Å². The fraction of sp³-hybridized carbons (Fsp3) is 0.667. The summed E-state index contributed by atoms with van der Waals surface area (Å²) in [6.07, 6.45) is 2.90. The van der Waals surface area contributed by atoms with Crippen LogP contribution in [-0.4, -0.2) is 36.2 Å². The van der Waals surface area contributed by atoms with E-state index in [0.29, 0.717) is 18.5 Å². The van der Waals surface area contributed by atoms with Crippen LogP contribution in [0.1, 0.15) is 26.0 Å². The molecule has 0 radical (unpaired) electrons. The Morgan fingerprint density at radius 1 is 1.59 bits per heavy atom. The third kappa shape index (κ3) is 2.66. The lowest BCUT2D eigenvalue weighted by molar-refractivity contribution is 0.313. The van der Waals surface area contributed by atoms with E-state index in [-0.39, 0.29) is 0 Å². The molecule has 1 N–H and O–H groups in total. The molecule has 1 aliphatic heterocycles. The minimum Gasteiger partial charge on any atom is -0.475 e. The summed E-state index contributed by atoms with van der Waals surface area (Å²) in [5.41, 5.74) is 0.892. The van der Waals surface area contributed by atoms with Gasteiger partial charge in [-0.15, -0.1) is 0 Å². The third-order valence-electron chi connectivity index (χ3n) is 3.22. The van der Waals surface area contributed by atoms with Gasteiger partial charge in [0.2, 0.25) is 5.88 Å². The average Bonchev–Trinajstić information content (AvgIpc) is 2.61. The summed E-state index contributed by atoms with van der Waals surface area (Å²) < 4.78 is 5.59. The Morgan fingerprint density at radius 3 is 3.18 bits per heavy atom. The molecule has 17 heavy (non-hydrogen) atoms. The van der Waals surface area contributed by atoms with Crippen LogP contribution in [0.15, 0.2) is 6.20 Å². The highest BCUT2D eigenvalue weighted by molar-refractivity contribution is 5.40. The number of ether oxygens (including phenoxy) is 1. The van der Waals surface area contributed by atoms with E-state index in [9.17, 15) is 0 Å². The van der Waals surface area contributed by atoms with E-state index in [1.165, 1.54) is 0 Å². The number of fused-ring (bicyclic) bond motifs is 1. The first-order valence-corrected chi connectivity index (χ1v) is 6.14. The van der Waals surface area contributed by atoms with Crippen LogP contribution in [0.4, 0.5) is 5.82 Å². The summed E-state index contributed by atoms with van der Waals surface area (Å²) >= 11 is 0. The van der Waals surface area contributed by atoms with Crippen LogP contribution in [0.2, 0.25) is 0 Å². The smallest absolute Gasteiger partial charge is 0.239 e. The van der Waals surface area contributed by atoms with Gasteiger partial charge in [0, 0.05) is 26.2 Å². The highest BCUT2D eigenvalue weighted by Crippen LogP contribution is 2.20. The molecule has 1 aliphatic rings. The second kappa shape index (κ2) is 5.31. The maximum absolute atomic E-state index is 5.59. The molecule has 0 saturated heterocycles. The van der Waals surface area contributed by atoms with Gasteiger partial charge in [-0.3, -0.25) is 4.98 Å². The summed E-state index contributed by atoms with van der Waals surface area (Å²) in [6.45, 7) is 6.57. The molecule has 0 saturated carbocycles. The van der Waals surface area contributed by atoms with Crippen LogP contribution in [0.25, 0.3) is 0 Å². The van der Waals surface area contributed by atoms with E-state index in [2.05, 4.69) is 34.0 Å². The summed E-state index contributed by atoms with van der Waals surface area (Å²) in [5.74, 6) is 1.54. The molecule has 0 amide bonds. The van der Waals surface area contributed by atoms with Gasteiger partial charge in [-0.05, 0) is 13.3 Å². The molecule has 1 aromatic heterocycles. The number of anilines is 1. The quantitative estimate of drug-likeness (QED) is 0.854. The van der Waals surface area contributed by atoms with Crippen molar-refractivity contribution in [1.82, 2.24) is 15.3 Å². The van der Waals surface area contributed by atoms with Crippen molar-refractivity contribution in [2.75, 3.05) is 25.1 Å². The molecule has 2 rings (SSSR count). The van der Waals surface area contributed by atoms with Gasteiger partial charge in [0.25, 0.3) is 0 Å². The van der Waals surface area contributed by atoms with E-state index in [4.69, 9.17) is 4.74 Å². The molecule has 0 bridgehead atoms. The minimum absolute atomic E-state index is 0.450. The van der Waals surface area contributed by atoms with Crippen molar-refractivity contribution in [2.24, 2.45) is 0 Å². The van der Waals surface area contributed by atoms with Gasteiger partial charge in [-0.1, -0.05) is 6.92 Å². The van der Waals surface area contributed by atoms with Crippen LogP contribution >= 0.6 is 0 Å². The first-order valence-electron chi connectivity index (χ1n) is 6.14. The Labute approximate surface area is 102 Å². The molecular formula is C12H20N4O. The highest BCUT2D eigenvalue weighted by atomic mass is 16.5. The fourth-order valence-corrected chi connectivity index (χ4v) is 1.72. The first-order chi connectivity index (χ1) is 8.22. The van der Waals surface area contributed by atoms with Crippen LogP contribution in [0.3, 0.4) is 0 Å². The van der Waals surface area contributed by atoms with E-state index in [1.54, 1.807) is 0 Å². The third-order valence-corrected chi connectivity index (χ3v) is 3.22. The SMILES string of the molecule is CCC(C)N(C)c1cnc2c(n1)OCCNC2. The lowest BCUT2D eigenvalue weighted by Gasteiger charge is -2.24. The molecule has 0 aromatic carbocycles. The van der Waals surface area contributed by atoms with Gasteiger partial charge >= 0.3 is 0 Å². The molecule has 1 unspecified atom stereocenters. The molecular weight excluding hydrogens is 216 g/mol. The molecule has 1 atom stereocenters. The van der Waals surface area contributed by atoms with Crippen LogP contribution in [0, 0.1) is 0 Å². The van der Waals surface area contributed by atoms with Crippen molar-refractivity contribution in [3.05, 3.63) is 11.9 Å². The Bertz CT molecular complexity index is 383. The van der Waals surface area contributed by atoms with Crippen LogP contribution in [-0.2, 0) is 6.54 Å². The first kappa shape index (κ1) is 12.1. The predicted octanol–water partition coefficient (Wildman–Crippen LogP) is 1.19. The maximum atomic E-state index is 5.59. The Balaban J connectivity index is 2.23. The maximum Gasteiger partial charge on any atom is 0.239 e. The summed E-state index contributed by atoms with van der Waals surface area (Å²) in [5, 5.41) is 3.24. The molecule has 0 spiro atoms. The van der Waals surface area contributed by atoms with Crippen LogP contribution < -0.4 is 15.0 Å². The van der Waals surface area contributed by atoms with E-state index in [0.717, 1.165) is 31.0 Å². The number of hydrogen-bond acceptors (Lipinski definition) is 5. The van der Waals surface area contributed by atoms with Gasteiger partial charge in [-0.25, -0.2) is 0 Å². The molecule has 2 heterocycles. The van der Waals surface area contributed by atoms with Crippen LogP contribution in [0.5, 0.6) is 5.88 Å². The average molecular weight is 236 g/mol. The number of nitrogens with zero attached hydrogens (tertiary/aromatic N) is 3. The predicted molar refractivity (Wildman–Crippen MR) is 67.4 cm³/mol. The molecule has 5 nitrogen and oxygen atoms in total. The summed E-state index contributed by atoms with van der Waals surface area (Å²) in [7, 11) is 2.04. The van der Waals surface area contributed by atoms with Gasteiger partial charge < -0.3 is 15.0 Å². The Kier molecular flexibility index (Phi) is 3.78. The van der Waals surface area contributed by atoms with Crippen molar-refractivity contribution < 1.29 is 4.74 Å². The lowest BCUT2D eigenvalue weighted by atomic mass is 10.2. The zero-order chi connectivity index (χ0) is 12.3. The zero-order valence-corrected chi connectivity index (χ0v) is 10.7. The lowest BCUT2D eigenvalue weighted by Crippen LogP contribution is -2.29. The van der Waals surface area contributed by atoms with E-state index >= 15 is 0 Å². The largest absolute Gasteiger partial charge is 0.475 e.